The maximum Gasteiger partial charge on any atom is 0.119 e. The van der Waals surface area contributed by atoms with Crippen LogP contribution in [0, 0.1) is 20.8 Å². The van der Waals surface area contributed by atoms with E-state index in [1.54, 1.807) is 18.2 Å². The number of hydrogen-bond donors (Lipinski definition) is 3. The molecule has 0 amide bonds. The van der Waals surface area contributed by atoms with Gasteiger partial charge in [-0.2, -0.15) is 0 Å². The van der Waals surface area contributed by atoms with Gasteiger partial charge in [0.15, 0.2) is 0 Å². The van der Waals surface area contributed by atoms with Crippen LogP contribution >= 0.6 is 0 Å². The highest BCUT2D eigenvalue weighted by Gasteiger charge is 2.18. The molecule has 0 atom stereocenters. The van der Waals surface area contributed by atoms with Crippen molar-refractivity contribution in [3.8, 4) is 17.2 Å². The van der Waals surface area contributed by atoms with Crippen molar-refractivity contribution in [3.63, 3.8) is 0 Å². The molecule has 0 aliphatic heterocycles. The van der Waals surface area contributed by atoms with Crippen LogP contribution in [0.5, 0.6) is 17.2 Å². The van der Waals surface area contributed by atoms with Gasteiger partial charge in [-0.05, 0) is 88.6 Å². The molecule has 3 aromatic rings. The third kappa shape index (κ3) is 13.4. The van der Waals surface area contributed by atoms with Gasteiger partial charge in [0.2, 0.25) is 0 Å². The van der Waals surface area contributed by atoms with E-state index in [1.807, 2.05) is 57.2 Å². The third-order valence-corrected chi connectivity index (χ3v) is 6.38. The van der Waals surface area contributed by atoms with Gasteiger partial charge in [-0.25, -0.2) is 0 Å². The molecule has 224 valence electrons. The Labute approximate surface area is 246 Å². The minimum absolute atomic E-state index is 0.0256. The summed E-state index contributed by atoms with van der Waals surface area (Å²) in [4.78, 5) is 0. The molecule has 0 aromatic heterocycles. The van der Waals surface area contributed by atoms with Gasteiger partial charge in [0, 0.05) is 0 Å². The molecule has 3 N–H and O–H groups in total. The monoisotopic (exact) mass is 550 g/mol. The molecule has 0 saturated carbocycles. The average Bonchev–Trinajstić information content (AvgIpc) is 2.77. The highest BCUT2D eigenvalue weighted by Crippen LogP contribution is 2.32. The molecule has 3 aromatic carbocycles. The van der Waals surface area contributed by atoms with Crippen LogP contribution in [0.25, 0.3) is 0 Å². The van der Waals surface area contributed by atoms with E-state index in [9.17, 15) is 15.3 Å². The van der Waals surface area contributed by atoms with E-state index < -0.39 is 0 Å². The molecule has 0 unspecified atom stereocenters. The van der Waals surface area contributed by atoms with Crippen LogP contribution < -0.4 is 0 Å². The number of hydrogen-bond acceptors (Lipinski definition) is 3. The van der Waals surface area contributed by atoms with Crippen molar-refractivity contribution < 1.29 is 15.3 Å². The fourth-order valence-corrected chi connectivity index (χ4v) is 3.83. The minimum atomic E-state index is 0.0256. The molecule has 3 heteroatoms. The number of phenols is 3. The van der Waals surface area contributed by atoms with Gasteiger partial charge in [-0.3, -0.25) is 0 Å². The van der Waals surface area contributed by atoms with Crippen molar-refractivity contribution in [1.29, 1.82) is 0 Å². The number of phenolic OH excluding ortho intramolecular Hbond substituents is 3. The lowest BCUT2D eigenvalue weighted by molar-refractivity contribution is 0.445. The SMILES string of the molecule is CCCC.Cc1ccc(C(C)(C)C)c(O)c1.Cc1ccc(C(C)(C)C)c(O)c1.Cc1ccc(C(C)(C)C)c(O)c1. The second kappa shape index (κ2) is 15.7. The first-order valence-electron chi connectivity index (χ1n) is 14.5. The Kier molecular flexibility index (Phi) is 14.6. The molecule has 0 spiro atoms. The standard InChI is InChI=1S/3C11H16O.C4H10/c3*1-8-5-6-9(10(12)7-8)11(2,3)4;1-3-4-2/h3*5-7,12H,1-4H3;3-4H2,1-2H3. The second-order valence-corrected chi connectivity index (χ2v) is 13.8. The van der Waals surface area contributed by atoms with Gasteiger partial charge in [-0.15, -0.1) is 0 Å². The lowest BCUT2D eigenvalue weighted by atomic mass is 9.86. The van der Waals surface area contributed by atoms with E-state index in [4.69, 9.17) is 0 Å². The van der Waals surface area contributed by atoms with Crippen LogP contribution in [-0.2, 0) is 16.2 Å². The van der Waals surface area contributed by atoms with Crippen LogP contribution in [0.15, 0.2) is 54.6 Å². The Hall–Kier alpha value is -2.94. The zero-order chi connectivity index (χ0) is 31.5. The number of aryl methyl sites for hydroxylation is 3. The zero-order valence-electron chi connectivity index (χ0n) is 28.0. The summed E-state index contributed by atoms with van der Waals surface area (Å²) in [5.74, 6) is 1.22. The van der Waals surface area contributed by atoms with Crippen molar-refractivity contribution in [2.45, 2.75) is 126 Å². The van der Waals surface area contributed by atoms with Gasteiger partial charge in [0.25, 0.3) is 0 Å². The topological polar surface area (TPSA) is 60.7 Å². The third-order valence-electron chi connectivity index (χ3n) is 6.38. The summed E-state index contributed by atoms with van der Waals surface area (Å²) in [7, 11) is 0. The number of unbranched alkanes of at least 4 members (excludes halogenated alkanes) is 1. The van der Waals surface area contributed by atoms with Crippen LogP contribution in [0.2, 0.25) is 0 Å². The van der Waals surface area contributed by atoms with Crippen molar-refractivity contribution in [3.05, 3.63) is 88.0 Å². The van der Waals surface area contributed by atoms with Crippen LogP contribution in [0.4, 0.5) is 0 Å². The molecule has 0 fully saturated rings. The molecule has 40 heavy (non-hydrogen) atoms. The molecule has 3 nitrogen and oxygen atoms in total. The number of benzene rings is 3. The molecule has 0 saturated heterocycles. The summed E-state index contributed by atoms with van der Waals surface area (Å²) in [6.45, 7) is 29.1. The van der Waals surface area contributed by atoms with Crippen molar-refractivity contribution >= 4 is 0 Å². The average molecular weight is 551 g/mol. The zero-order valence-corrected chi connectivity index (χ0v) is 28.0. The first-order chi connectivity index (χ1) is 18.1. The smallest absolute Gasteiger partial charge is 0.119 e. The highest BCUT2D eigenvalue weighted by atomic mass is 16.3. The van der Waals surface area contributed by atoms with Crippen molar-refractivity contribution in [2.24, 2.45) is 0 Å². The summed E-state index contributed by atoms with van der Waals surface area (Å²) >= 11 is 0. The van der Waals surface area contributed by atoms with E-state index in [-0.39, 0.29) is 16.2 Å². The normalized spacial score (nSPS) is 11.2. The second-order valence-electron chi connectivity index (χ2n) is 13.8. The molecular weight excluding hydrogens is 492 g/mol. The number of rotatable bonds is 1. The molecule has 3 rings (SSSR count). The predicted octanol–water partition coefficient (Wildman–Crippen LogP) is 10.8. The summed E-state index contributed by atoms with van der Waals surface area (Å²) in [5, 5.41) is 28.9. The number of aromatic hydroxyl groups is 3. The summed E-state index contributed by atoms with van der Waals surface area (Å²) in [6.07, 6.45) is 2.64. The lowest BCUT2D eigenvalue weighted by Crippen LogP contribution is -2.11. The lowest BCUT2D eigenvalue weighted by Gasteiger charge is -2.20. The van der Waals surface area contributed by atoms with Crippen LogP contribution in [0.1, 0.15) is 122 Å². The Balaban J connectivity index is 0.000000534. The Bertz CT molecular complexity index is 1020. The fourth-order valence-electron chi connectivity index (χ4n) is 3.83. The first-order valence-corrected chi connectivity index (χ1v) is 14.5. The summed E-state index contributed by atoms with van der Waals surface area (Å²) in [6, 6.07) is 17.5. The molecule has 0 bridgehead atoms. The fraction of sp³-hybridized carbons (Fsp3) is 0.514. The molecule has 0 aliphatic carbocycles. The van der Waals surface area contributed by atoms with Gasteiger partial charge < -0.3 is 15.3 Å². The first kappa shape index (κ1) is 37.1. The summed E-state index contributed by atoms with van der Waals surface area (Å²) in [5.41, 5.74) is 6.39. The maximum atomic E-state index is 9.63. The molecule has 0 heterocycles. The molecular formula is C37H58O3. The van der Waals surface area contributed by atoms with Gasteiger partial charge in [-0.1, -0.05) is 125 Å². The van der Waals surface area contributed by atoms with Crippen molar-refractivity contribution in [1.82, 2.24) is 0 Å². The summed E-state index contributed by atoms with van der Waals surface area (Å²) < 4.78 is 0. The molecule has 0 radical (unpaired) electrons. The quantitative estimate of drug-likeness (QED) is 0.282. The Morgan fingerprint density at radius 3 is 0.750 bits per heavy atom. The van der Waals surface area contributed by atoms with E-state index in [1.165, 1.54) is 12.8 Å². The van der Waals surface area contributed by atoms with E-state index in [0.717, 1.165) is 33.4 Å². The maximum absolute atomic E-state index is 9.63. The predicted molar refractivity (Wildman–Crippen MR) is 175 cm³/mol. The van der Waals surface area contributed by atoms with Gasteiger partial charge >= 0.3 is 0 Å². The van der Waals surface area contributed by atoms with Gasteiger partial charge in [0.05, 0.1) is 0 Å². The van der Waals surface area contributed by atoms with E-state index in [0.29, 0.717) is 17.2 Å². The highest BCUT2D eigenvalue weighted by molar-refractivity contribution is 5.41. The Morgan fingerprint density at radius 1 is 0.425 bits per heavy atom. The van der Waals surface area contributed by atoms with Crippen LogP contribution in [0.3, 0.4) is 0 Å². The Morgan fingerprint density at radius 2 is 0.625 bits per heavy atom. The van der Waals surface area contributed by atoms with E-state index in [2.05, 4.69) is 76.2 Å². The van der Waals surface area contributed by atoms with Crippen molar-refractivity contribution in [2.75, 3.05) is 0 Å². The molecule has 0 aliphatic rings. The van der Waals surface area contributed by atoms with E-state index >= 15 is 0 Å². The minimum Gasteiger partial charge on any atom is -0.508 e. The largest absolute Gasteiger partial charge is 0.508 e. The van der Waals surface area contributed by atoms with Gasteiger partial charge in [0.1, 0.15) is 17.2 Å². The van der Waals surface area contributed by atoms with Crippen LogP contribution in [-0.4, -0.2) is 15.3 Å².